The Hall–Kier alpha value is -1.31. The molecule has 1 aromatic rings. The van der Waals surface area contributed by atoms with E-state index in [-0.39, 0.29) is 11.5 Å². The maximum atomic E-state index is 12.1. The summed E-state index contributed by atoms with van der Waals surface area (Å²) in [6.45, 7) is 5.82. The molecule has 1 aliphatic rings. The van der Waals surface area contributed by atoms with Crippen molar-refractivity contribution in [3.8, 4) is 0 Å². The Morgan fingerprint density at radius 1 is 1.30 bits per heavy atom. The monoisotopic (exact) mass is 417 g/mol. The Morgan fingerprint density at radius 3 is 2.44 bits per heavy atom. The predicted molar refractivity (Wildman–Crippen MR) is 106 cm³/mol. The SMILES string of the molecule is CC(C)(C)OC(=O)NC[C@]1(c2cccc(Cl)c2)CC[C@H](OS(C)(=O)=O)CC1. The van der Waals surface area contributed by atoms with E-state index in [4.69, 9.17) is 20.5 Å². The molecule has 1 saturated carbocycles. The van der Waals surface area contributed by atoms with Crippen LogP contribution in [0.15, 0.2) is 24.3 Å². The molecule has 1 N–H and O–H groups in total. The van der Waals surface area contributed by atoms with Crippen molar-refractivity contribution in [2.24, 2.45) is 0 Å². The summed E-state index contributed by atoms with van der Waals surface area (Å²) in [7, 11) is -3.49. The molecule has 8 heteroatoms. The summed E-state index contributed by atoms with van der Waals surface area (Å²) in [5.41, 5.74) is 0.0943. The highest BCUT2D eigenvalue weighted by Gasteiger charge is 2.39. The van der Waals surface area contributed by atoms with Crippen LogP contribution in [0.3, 0.4) is 0 Å². The summed E-state index contributed by atoms with van der Waals surface area (Å²) in [6, 6.07) is 7.57. The fraction of sp³-hybridized carbons (Fsp3) is 0.632. The molecule has 152 valence electrons. The van der Waals surface area contributed by atoms with Crippen LogP contribution in [0, 0.1) is 0 Å². The number of hydrogen-bond donors (Lipinski definition) is 1. The van der Waals surface area contributed by atoms with Crippen molar-refractivity contribution < 1.29 is 22.1 Å². The molecule has 0 aliphatic heterocycles. The number of benzene rings is 1. The number of amides is 1. The highest BCUT2D eigenvalue weighted by Crippen LogP contribution is 2.41. The van der Waals surface area contributed by atoms with E-state index >= 15 is 0 Å². The first-order chi connectivity index (χ1) is 12.4. The van der Waals surface area contributed by atoms with E-state index in [9.17, 15) is 13.2 Å². The van der Waals surface area contributed by atoms with Gasteiger partial charge in [-0.25, -0.2) is 4.79 Å². The lowest BCUT2D eigenvalue weighted by Crippen LogP contribution is -2.45. The lowest BCUT2D eigenvalue weighted by molar-refractivity contribution is 0.0496. The van der Waals surface area contributed by atoms with Gasteiger partial charge >= 0.3 is 6.09 Å². The van der Waals surface area contributed by atoms with Crippen LogP contribution in [-0.2, 0) is 24.5 Å². The van der Waals surface area contributed by atoms with Crippen LogP contribution in [0.4, 0.5) is 4.79 Å². The summed E-state index contributed by atoms with van der Waals surface area (Å²) in [5, 5.41) is 3.49. The van der Waals surface area contributed by atoms with Gasteiger partial charge in [0.05, 0.1) is 12.4 Å². The number of carbonyl (C=O) groups is 1. The molecule has 1 amide bonds. The number of halogens is 1. The second-order valence-electron chi connectivity index (χ2n) is 8.15. The summed E-state index contributed by atoms with van der Waals surface area (Å²) >= 11 is 6.18. The van der Waals surface area contributed by atoms with Crippen LogP contribution in [0.2, 0.25) is 5.02 Å². The van der Waals surface area contributed by atoms with Crippen molar-refractivity contribution in [3.05, 3.63) is 34.9 Å². The van der Waals surface area contributed by atoms with Crippen molar-refractivity contribution in [3.63, 3.8) is 0 Å². The van der Waals surface area contributed by atoms with Crippen molar-refractivity contribution >= 4 is 27.8 Å². The van der Waals surface area contributed by atoms with Crippen molar-refractivity contribution in [2.75, 3.05) is 12.8 Å². The van der Waals surface area contributed by atoms with Crippen LogP contribution in [0.25, 0.3) is 0 Å². The standard InChI is InChI=1S/C19H28ClNO5S/c1-18(2,3)25-17(22)21-13-19(14-6-5-7-15(20)12-14)10-8-16(9-11-19)26-27(4,23)24/h5-7,12,16H,8-11,13H2,1-4H3,(H,21,22)/t16-,19-. The number of alkyl carbamates (subject to hydrolysis) is 1. The molecule has 27 heavy (non-hydrogen) atoms. The minimum Gasteiger partial charge on any atom is -0.444 e. The molecule has 1 aliphatic carbocycles. The summed E-state index contributed by atoms with van der Waals surface area (Å²) < 4.78 is 33.3. The average molecular weight is 418 g/mol. The van der Waals surface area contributed by atoms with E-state index in [1.807, 2.05) is 39.0 Å². The van der Waals surface area contributed by atoms with Gasteiger partial charge in [0.2, 0.25) is 0 Å². The molecule has 1 fully saturated rings. The lowest BCUT2D eigenvalue weighted by atomic mass is 9.68. The van der Waals surface area contributed by atoms with E-state index in [2.05, 4.69) is 5.32 Å². The van der Waals surface area contributed by atoms with Gasteiger partial charge in [-0.05, 0) is 64.2 Å². The summed E-state index contributed by atoms with van der Waals surface area (Å²) in [5.74, 6) is 0. The van der Waals surface area contributed by atoms with Gasteiger partial charge < -0.3 is 10.1 Å². The zero-order valence-corrected chi connectivity index (χ0v) is 17.8. The number of nitrogens with one attached hydrogen (secondary N) is 1. The number of carbonyl (C=O) groups excluding carboxylic acids is 1. The Bertz CT molecular complexity index is 765. The Balaban J connectivity index is 2.15. The fourth-order valence-corrected chi connectivity index (χ4v) is 4.31. The topological polar surface area (TPSA) is 81.7 Å². The zero-order chi connectivity index (χ0) is 20.3. The van der Waals surface area contributed by atoms with Gasteiger partial charge in [-0.3, -0.25) is 4.18 Å². The first-order valence-corrected chi connectivity index (χ1v) is 11.2. The summed E-state index contributed by atoms with van der Waals surface area (Å²) in [4.78, 5) is 12.1. The van der Waals surface area contributed by atoms with Gasteiger partial charge in [-0.2, -0.15) is 8.42 Å². The maximum Gasteiger partial charge on any atom is 0.407 e. The quantitative estimate of drug-likeness (QED) is 0.731. The first-order valence-electron chi connectivity index (χ1n) is 9.00. The maximum absolute atomic E-state index is 12.1. The van der Waals surface area contributed by atoms with Crippen LogP contribution in [-0.4, -0.2) is 39.0 Å². The van der Waals surface area contributed by atoms with E-state index < -0.39 is 21.8 Å². The molecular formula is C19H28ClNO5S. The molecule has 0 spiro atoms. The molecule has 2 rings (SSSR count). The molecule has 0 saturated heterocycles. The van der Waals surface area contributed by atoms with Crippen LogP contribution >= 0.6 is 11.6 Å². The smallest absolute Gasteiger partial charge is 0.407 e. The molecular weight excluding hydrogens is 390 g/mol. The Morgan fingerprint density at radius 2 is 1.93 bits per heavy atom. The normalized spacial score (nSPS) is 23.7. The Labute approximate surface area is 166 Å². The average Bonchev–Trinajstić information content (AvgIpc) is 2.51. The minimum atomic E-state index is -3.49. The molecule has 0 atom stereocenters. The van der Waals surface area contributed by atoms with Gasteiger partial charge in [-0.1, -0.05) is 23.7 Å². The second kappa shape index (κ2) is 8.37. The molecule has 6 nitrogen and oxygen atoms in total. The molecule has 0 bridgehead atoms. The molecule has 0 heterocycles. The Kier molecular flexibility index (Phi) is 6.81. The molecule has 0 aromatic heterocycles. The fourth-order valence-electron chi connectivity index (χ4n) is 3.43. The first kappa shape index (κ1) is 22.0. The van der Waals surface area contributed by atoms with Crippen molar-refractivity contribution in [1.29, 1.82) is 0 Å². The third-order valence-corrected chi connectivity index (χ3v) is 5.46. The summed E-state index contributed by atoms with van der Waals surface area (Å²) in [6.07, 6.45) is 2.75. The second-order valence-corrected chi connectivity index (χ2v) is 10.2. The van der Waals surface area contributed by atoms with Gasteiger partial charge in [0.1, 0.15) is 5.60 Å². The highest BCUT2D eigenvalue weighted by atomic mass is 35.5. The third kappa shape index (κ3) is 6.97. The van der Waals surface area contributed by atoms with Gasteiger partial charge in [0.25, 0.3) is 10.1 Å². The number of hydrogen-bond acceptors (Lipinski definition) is 5. The minimum absolute atomic E-state index is 0.339. The van der Waals surface area contributed by atoms with Gasteiger partial charge in [-0.15, -0.1) is 0 Å². The van der Waals surface area contributed by atoms with E-state index in [1.165, 1.54) is 0 Å². The van der Waals surface area contributed by atoms with E-state index in [1.54, 1.807) is 6.07 Å². The molecule has 0 unspecified atom stereocenters. The number of ether oxygens (including phenoxy) is 1. The van der Waals surface area contributed by atoms with Crippen LogP contribution in [0.5, 0.6) is 0 Å². The lowest BCUT2D eigenvalue weighted by Gasteiger charge is -2.40. The largest absolute Gasteiger partial charge is 0.444 e. The van der Waals surface area contributed by atoms with Crippen LogP contribution in [0.1, 0.15) is 52.0 Å². The highest BCUT2D eigenvalue weighted by molar-refractivity contribution is 7.86. The van der Waals surface area contributed by atoms with Crippen LogP contribution < -0.4 is 5.32 Å². The van der Waals surface area contributed by atoms with Crippen molar-refractivity contribution in [2.45, 2.75) is 63.6 Å². The number of rotatable bonds is 5. The van der Waals surface area contributed by atoms with Gasteiger partial charge in [0.15, 0.2) is 0 Å². The third-order valence-electron chi connectivity index (χ3n) is 4.61. The van der Waals surface area contributed by atoms with E-state index in [0.717, 1.165) is 11.8 Å². The molecule has 1 aromatic carbocycles. The molecule has 0 radical (unpaired) electrons. The van der Waals surface area contributed by atoms with E-state index in [0.29, 0.717) is 37.3 Å². The van der Waals surface area contributed by atoms with Gasteiger partial charge in [0, 0.05) is 17.0 Å². The van der Waals surface area contributed by atoms with Crippen molar-refractivity contribution in [1.82, 2.24) is 5.32 Å². The predicted octanol–water partition coefficient (Wildman–Crippen LogP) is 4.02. The zero-order valence-electron chi connectivity index (χ0n) is 16.2.